The van der Waals surface area contributed by atoms with Crippen LogP contribution in [0.25, 0.3) is 11.5 Å². The van der Waals surface area contributed by atoms with E-state index in [2.05, 4.69) is 4.98 Å². The van der Waals surface area contributed by atoms with Crippen LogP contribution in [-0.2, 0) is 20.7 Å². The second-order valence-electron chi connectivity index (χ2n) is 7.23. The molecule has 27 heavy (non-hydrogen) atoms. The number of rotatable bonds is 12. The van der Waals surface area contributed by atoms with E-state index in [9.17, 15) is 4.79 Å². The molecule has 0 aliphatic heterocycles. The molecular weight excluding hydrogens is 342 g/mol. The second-order valence-corrected chi connectivity index (χ2v) is 7.23. The Morgan fingerprint density at radius 3 is 2.41 bits per heavy atom. The minimum atomic E-state index is -0.856. The highest BCUT2D eigenvalue weighted by molar-refractivity contribution is 5.78. The number of aryl methyl sites for hydroxylation is 1. The lowest BCUT2D eigenvalue weighted by molar-refractivity contribution is -0.165. The number of unbranched alkanes of at least 4 members (excludes halogenated alkanes) is 5. The number of aromatic nitrogens is 1. The lowest BCUT2D eigenvalue weighted by Gasteiger charge is -2.22. The molecule has 5 nitrogen and oxygen atoms in total. The largest absolute Gasteiger partial charge is 0.467 e. The molecule has 0 N–H and O–H groups in total. The number of ether oxygens (including phenoxy) is 2. The number of esters is 1. The van der Waals surface area contributed by atoms with E-state index in [1.165, 1.54) is 26.4 Å². The highest BCUT2D eigenvalue weighted by atomic mass is 16.6. The quantitative estimate of drug-likeness (QED) is 0.378. The third-order valence-corrected chi connectivity index (χ3v) is 4.54. The number of carbonyl (C=O) groups excluding carboxylic acids is 1. The molecule has 0 saturated heterocycles. The van der Waals surface area contributed by atoms with Crippen molar-refractivity contribution in [1.82, 2.24) is 4.98 Å². The standard InChI is InChI=1S/C22H31NO4/c1-22(2,21(24)25-3)27-16-12-7-5-4-6-11-15-19-17-26-20(23-19)18-13-9-8-10-14-18/h8-10,13-14,17H,4-7,11-12,15-16H2,1-3H3. The van der Waals surface area contributed by atoms with Gasteiger partial charge in [0.1, 0.15) is 6.26 Å². The number of benzene rings is 1. The minimum Gasteiger partial charge on any atom is -0.467 e. The van der Waals surface area contributed by atoms with Crippen molar-refractivity contribution in [2.24, 2.45) is 0 Å². The van der Waals surface area contributed by atoms with Crippen LogP contribution in [0, 0.1) is 0 Å². The van der Waals surface area contributed by atoms with E-state index in [1.54, 1.807) is 20.1 Å². The zero-order valence-electron chi connectivity index (χ0n) is 16.7. The maximum Gasteiger partial charge on any atom is 0.337 e. The summed E-state index contributed by atoms with van der Waals surface area (Å²) in [5, 5.41) is 0. The van der Waals surface area contributed by atoms with Gasteiger partial charge >= 0.3 is 5.97 Å². The van der Waals surface area contributed by atoms with E-state index in [4.69, 9.17) is 13.9 Å². The summed E-state index contributed by atoms with van der Waals surface area (Å²) in [5.74, 6) is 0.367. The van der Waals surface area contributed by atoms with Gasteiger partial charge < -0.3 is 13.9 Å². The average molecular weight is 373 g/mol. The van der Waals surface area contributed by atoms with E-state index in [-0.39, 0.29) is 5.97 Å². The number of oxazole rings is 1. The van der Waals surface area contributed by atoms with Gasteiger partial charge in [0.15, 0.2) is 5.60 Å². The number of nitrogens with zero attached hydrogens (tertiary/aromatic N) is 1. The van der Waals surface area contributed by atoms with E-state index in [0.29, 0.717) is 12.5 Å². The smallest absolute Gasteiger partial charge is 0.337 e. The molecule has 0 atom stereocenters. The van der Waals surface area contributed by atoms with Crippen LogP contribution in [0.5, 0.6) is 0 Å². The summed E-state index contributed by atoms with van der Waals surface area (Å²) >= 11 is 0. The first-order valence-corrected chi connectivity index (χ1v) is 9.75. The Kier molecular flexibility index (Phi) is 8.52. The topological polar surface area (TPSA) is 61.6 Å². The molecule has 0 spiro atoms. The summed E-state index contributed by atoms with van der Waals surface area (Å²) in [5.41, 5.74) is 1.18. The predicted octanol–water partition coefficient (Wildman–Crippen LogP) is 5.19. The van der Waals surface area contributed by atoms with Gasteiger partial charge in [0.25, 0.3) is 0 Å². The second kappa shape index (κ2) is 10.9. The minimum absolute atomic E-state index is 0.328. The normalized spacial score (nSPS) is 11.5. The Labute approximate surface area is 162 Å². The molecule has 0 bridgehead atoms. The van der Waals surface area contributed by atoms with Crippen molar-refractivity contribution in [2.75, 3.05) is 13.7 Å². The number of carbonyl (C=O) groups is 1. The van der Waals surface area contributed by atoms with Gasteiger partial charge in [0.2, 0.25) is 5.89 Å². The molecule has 2 rings (SSSR count). The Hall–Kier alpha value is -2.14. The van der Waals surface area contributed by atoms with Crippen LogP contribution in [0.4, 0.5) is 0 Å². The highest BCUT2D eigenvalue weighted by Crippen LogP contribution is 2.19. The van der Waals surface area contributed by atoms with Gasteiger partial charge in [-0.3, -0.25) is 0 Å². The maximum absolute atomic E-state index is 11.5. The number of methoxy groups -OCH3 is 1. The monoisotopic (exact) mass is 373 g/mol. The predicted molar refractivity (Wildman–Crippen MR) is 105 cm³/mol. The molecule has 1 aromatic heterocycles. The van der Waals surface area contributed by atoms with Crippen LogP contribution >= 0.6 is 0 Å². The highest BCUT2D eigenvalue weighted by Gasteiger charge is 2.29. The molecule has 1 heterocycles. The summed E-state index contributed by atoms with van der Waals surface area (Å²) < 4.78 is 15.9. The van der Waals surface area contributed by atoms with E-state index in [1.807, 2.05) is 30.3 Å². The fraction of sp³-hybridized carbons (Fsp3) is 0.545. The Bertz CT molecular complexity index is 679. The first-order valence-electron chi connectivity index (χ1n) is 9.75. The molecule has 0 radical (unpaired) electrons. The van der Waals surface area contributed by atoms with Gasteiger partial charge in [-0.05, 0) is 45.2 Å². The Morgan fingerprint density at radius 1 is 1.04 bits per heavy atom. The van der Waals surface area contributed by atoms with Crippen molar-refractivity contribution >= 4 is 5.97 Å². The van der Waals surface area contributed by atoms with Crippen molar-refractivity contribution < 1.29 is 18.7 Å². The van der Waals surface area contributed by atoms with Gasteiger partial charge in [-0.2, -0.15) is 0 Å². The SMILES string of the molecule is COC(=O)C(C)(C)OCCCCCCCCc1coc(-c2ccccc2)n1. The molecule has 0 aliphatic carbocycles. The van der Waals surface area contributed by atoms with Crippen molar-refractivity contribution in [1.29, 1.82) is 0 Å². The summed E-state index contributed by atoms with van der Waals surface area (Å²) in [6.07, 6.45) is 9.47. The zero-order chi connectivity index (χ0) is 19.5. The number of hydrogen-bond acceptors (Lipinski definition) is 5. The molecule has 148 valence electrons. The average Bonchev–Trinajstić information content (AvgIpc) is 3.15. The Balaban J connectivity index is 1.52. The van der Waals surface area contributed by atoms with E-state index >= 15 is 0 Å². The van der Waals surface area contributed by atoms with Gasteiger partial charge in [0.05, 0.1) is 12.8 Å². The summed E-state index contributed by atoms with van der Waals surface area (Å²) in [6, 6.07) is 9.97. The molecular formula is C22H31NO4. The maximum atomic E-state index is 11.5. The molecule has 0 fully saturated rings. The van der Waals surface area contributed by atoms with Crippen molar-refractivity contribution in [3.63, 3.8) is 0 Å². The molecule has 0 saturated carbocycles. The first-order chi connectivity index (χ1) is 13.0. The third kappa shape index (κ3) is 7.18. The van der Waals surface area contributed by atoms with Crippen LogP contribution in [0.2, 0.25) is 0 Å². The van der Waals surface area contributed by atoms with E-state index in [0.717, 1.165) is 36.9 Å². The zero-order valence-corrected chi connectivity index (χ0v) is 16.7. The van der Waals surface area contributed by atoms with Gasteiger partial charge in [-0.1, -0.05) is 43.9 Å². The first kappa shape index (κ1) is 21.2. The summed E-state index contributed by atoms with van der Waals surface area (Å²) in [4.78, 5) is 16.1. The van der Waals surface area contributed by atoms with Gasteiger partial charge in [0, 0.05) is 12.2 Å². The van der Waals surface area contributed by atoms with Crippen molar-refractivity contribution in [3.05, 3.63) is 42.3 Å². The summed E-state index contributed by atoms with van der Waals surface area (Å²) in [6.45, 7) is 4.07. The summed E-state index contributed by atoms with van der Waals surface area (Å²) in [7, 11) is 1.38. The fourth-order valence-corrected chi connectivity index (χ4v) is 2.88. The van der Waals surface area contributed by atoms with Crippen molar-refractivity contribution in [3.8, 4) is 11.5 Å². The van der Waals surface area contributed by atoms with Crippen LogP contribution in [0.3, 0.4) is 0 Å². The molecule has 1 aromatic carbocycles. The van der Waals surface area contributed by atoms with Crippen LogP contribution in [0.1, 0.15) is 58.1 Å². The lowest BCUT2D eigenvalue weighted by atomic mass is 10.1. The van der Waals surface area contributed by atoms with E-state index < -0.39 is 5.60 Å². The van der Waals surface area contributed by atoms with Gasteiger partial charge in [-0.15, -0.1) is 0 Å². The number of hydrogen-bond donors (Lipinski definition) is 0. The van der Waals surface area contributed by atoms with Crippen molar-refractivity contribution in [2.45, 2.75) is 64.4 Å². The molecule has 0 unspecified atom stereocenters. The molecule has 0 aliphatic rings. The Morgan fingerprint density at radius 2 is 1.70 bits per heavy atom. The van der Waals surface area contributed by atoms with Crippen LogP contribution in [0.15, 0.2) is 41.0 Å². The van der Waals surface area contributed by atoms with Crippen LogP contribution < -0.4 is 0 Å². The molecule has 0 amide bonds. The van der Waals surface area contributed by atoms with Gasteiger partial charge in [-0.25, -0.2) is 9.78 Å². The lowest BCUT2D eigenvalue weighted by Crippen LogP contribution is -2.36. The fourth-order valence-electron chi connectivity index (χ4n) is 2.88. The van der Waals surface area contributed by atoms with Crippen LogP contribution in [-0.4, -0.2) is 30.3 Å². The molecule has 2 aromatic rings. The third-order valence-electron chi connectivity index (χ3n) is 4.54. The molecule has 5 heteroatoms.